The third kappa shape index (κ3) is 2.84. The lowest BCUT2D eigenvalue weighted by molar-refractivity contribution is 0.199. The van der Waals surface area contributed by atoms with Gasteiger partial charge in [0.1, 0.15) is 11.0 Å². The molecule has 5 rings (SSSR count). The Morgan fingerprint density at radius 2 is 1.75 bits per heavy atom. The highest BCUT2D eigenvalue weighted by molar-refractivity contribution is 5.91. The predicted octanol–water partition coefficient (Wildman–Crippen LogP) is 3.70. The number of hydrogen-bond acceptors (Lipinski definition) is 5. The van der Waals surface area contributed by atoms with Gasteiger partial charge >= 0.3 is 6.09 Å². The van der Waals surface area contributed by atoms with E-state index in [1.54, 1.807) is 6.07 Å². The number of benzene rings is 2. The van der Waals surface area contributed by atoms with Crippen molar-refractivity contribution in [2.24, 2.45) is 0 Å². The Morgan fingerprint density at radius 1 is 1.04 bits per heavy atom. The number of piperidine rings is 1. The van der Waals surface area contributed by atoms with Crippen molar-refractivity contribution < 1.29 is 9.53 Å². The third-order valence-corrected chi connectivity index (χ3v) is 5.51. The highest BCUT2D eigenvalue weighted by Crippen LogP contribution is 2.34. The lowest BCUT2D eigenvalue weighted by Crippen LogP contribution is -2.31. The number of carbonyl (C=O) groups excluding carboxylic acids is 1. The zero-order valence-electron chi connectivity index (χ0n) is 15.7. The van der Waals surface area contributed by atoms with Crippen molar-refractivity contribution in [2.45, 2.75) is 18.9 Å². The van der Waals surface area contributed by atoms with Crippen molar-refractivity contribution in [3.8, 4) is 5.75 Å². The standard InChI is InChI=1S/C21H21N5O2/c1-24-12-10-15(11-13-24)25-14-20(16-6-2-4-8-18(16)25)28-21(27)26-19-9-5-3-7-17(19)22-23-26/h2-9,14-15H,10-13H2,1H3. The molecule has 0 aliphatic carbocycles. The molecule has 2 aromatic carbocycles. The minimum Gasteiger partial charge on any atom is -0.406 e. The van der Waals surface area contributed by atoms with Gasteiger partial charge < -0.3 is 14.2 Å². The molecule has 1 fully saturated rings. The van der Waals surface area contributed by atoms with Crippen LogP contribution in [0.25, 0.3) is 21.9 Å². The highest BCUT2D eigenvalue weighted by atomic mass is 16.6. The maximum Gasteiger partial charge on any atom is 0.442 e. The quantitative estimate of drug-likeness (QED) is 0.534. The van der Waals surface area contributed by atoms with E-state index in [1.807, 2.05) is 42.6 Å². The van der Waals surface area contributed by atoms with Crippen molar-refractivity contribution in [3.63, 3.8) is 0 Å². The van der Waals surface area contributed by atoms with Crippen molar-refractivity contribution in [1.82, 2.24) is 24.5 Å². The van der Waals surface area contributed by atoms with Crippen LogP contribution in [0.5, 0.6) is 5.75 Å². The van der Waals surface area contributed by atoms with Gasteiger partial charge in [-0.25, -0.2) is 4.79 Å². The van der Waals surface area contributed by atoms with Gasteiger partial charge in [0, 0.05) is 17.6 Å². The first-order valence-corrected chi connectivity index (χ1v) is 9.51. The topological polar surface area (TPSA) is 65.2 Å². The summed E-state index contributed by atoms with van der Waals surface area (Å²) in [5.41, 5.74) is 2.38. The maximum absolute atomic E-state index is 12.8. The van der Waals surface area contributed by atoms with Crippen molar-refractivity contribution in [1.29, 1.82) is 0 Å². The average molecular weight is 375 g/mol. The summed E-state index contributed by atoms with van der Waals surface area (Å²) in [6.07, 6.45) is 3.56. The van der Waals surface area contributed by atoms with Gasteiger partial charge in [-0.1, -0.05) is 29.5 Å². The van der Waals surface area contributed by atoms with Gasteiger partial charge in [0.2, 0.25) is 0 Å². The van der Waals surface area contributed by atoms with Crippen LogP contribution in [0.2, 0.25) is 0 Å². The molecule has 28 heavy (non-hydrogen) atoms. The lowest BCUT2D eigenvalue weighted by Gasteiger charge is -2.30. The van der Waals surface area contributed by atoms with Crippen LogP contribution in [0.15, 0.2) is 54.7 Å². The molecule has 0 radical (unpaired) electrons. The lowest BCUT2D eigenvalue weighted by atomic mass is 10.1. The predicted molar refractivity (Wildman–Crippen MR) is 107 cm³/mol. The van der Waals surface area contributed by atoms with E-state index < -0.39 is 6.09 Å². The first-order valence-electron chi connectivity index (χ1n) is 9.51. The first-order chi connectivity index (χ1) is 13.7. The molecule has 7 heteroatoms. The number of hydrogen-bond donors (Lipinski definition) is 0. The molecule has 1 aliphatic heterocycles. The second-order valence-corrected chi connectivity index (χ2v) is 7.31. The molecular weight excluding hydrogens is 354 g/mol. The molecule has 4 aromatic rings. The summed E-state index contributed by atoms with van der Waals surface area (Å²) in [5, 5.41) is 8.92. The Labute approximate surface area is 162 Å². The van der Waals surface area contributed by atoms with Gasteiger partial charge in [0.05, 0.1) is 5.52 Å². The van der Waals surface area contributed by atoms with Crippen LogP contribution in [-0.4, -0.2) is 50.7 Å². The SMILES string of the molecule is CN1CCC(n2cc(OC(=O)n3nnc4ccccc43)c3ccccc32)CC1. The van der Waals surface area contributed by atoms with Gasteiger partial charge in [-0.15, -0.1) is 9.78 Å². The monoisotopic (exact) mass is 375 g/mol. The van der Waals surface area contributed by atoms with Crippen molar-refractivity contribution in [3.05, 3.63) is 54.7 Å². The van der Waals surface area contributed by atoms with Crippen LogP contribution in [-0.2, 0) is 0 Å². The molecule has 0 bridgehead atoms. The number of carbonyl (C=O) groups is 1. The van der Waals surface area contributed by atoms with E-state index in [0.29, 0.717) is 22.8 Å². The third-order valence-electron chi connectivity index (χ3n) is 5.51. The van der Waals surface area contributed by atoms with E-state index in [9.17, 15) is 4.79 Å². The molecule has 0 unspecified atom stereocenters. The Morgan fingerprint density at radius 3 is 2.57 bits per heavy atom. The largest absolute Gasteiger partial charge is 0.442 e. The van der Waals surface area contributed by atoms with E-state index in [4.69, 9.17) is 4.74 Å². The molecule has 3 heterocycles. The van der Waals surface area contributed by atoms with Gasteiger partial charge in [-0.05, 0) is 57.2 Å². The fourth-order valence-corrected chi connectivity index (χ4v) is 3.97. The summed E-state index contributed by atoms with van der Waals surface area (Å²) in [7, 11) is 2.15. The van der Waals surface area contributed by atoms with E-state index in [-0.39, 0.29) is 0 Å². The molecule has 0 N–H and O–H groups in total. The minimum atomic E-state index is -0.556. The number of fused-ring (bicyclic) bond motifs is 2. The van der Waals surface area contributed by atoms with Crippen molar-refractivity contribution in [2.75, 3.05) is 20.1 Å². The summed E-state index contributed by atoms with van der Waals surface area (Å²) in [6, 6.07) is 15.8. The van der Waals surface area contributed by atoms with Gasteiger partial charge in [0.25, 0.3) is 0 Å². The fraction of sp³-hybridized carbons (Fsp3) is 0.286. The Hall–Kier alpha value is -3.19. The van der Waals surface area contributed by atoms with E-state index in [2.05, 4.69) is 32.9 Å². The van der Waals surface area contributed by atoms with Crippen LogP contribution in [0, 0.1) is 0 Å². The zero-order chi connectivity index (χ0) is 19.1. The zero-order valence-corrected chi connectivity index (χ0v) is 15.7. The molecule has 1 aliphatic rings. The molecule has 0 saturated carbocycles. The van der Waals surface area contributed by atoms with Gasteiger partial charge in [-0.2, -0.15) is 0 Å². The average Bonchev–Trinajstić information content (AvgIpc) is 3.31. The molecular formula is C21H21N5O2. The van der Waals surface area contributed by atoms with Crippen LogP contribution in [0.1, 0.15) is 18.9 Å². The molecule has 7 nitrogen and oxygen atoms in total. The molecule has 1 saturated heterocycles. The molecule has 0 amide bonds. The first kappa shape index (κ1) is 16.9. The molecule has 0 spiro atoms. The summed E-state index contributed by atoms with van der Waals surface area (Å²) in [4.78, 5) is 15.1. The Bertz CT molecular complexity index is 1150. The van der Waals surface area contributed by atoms with Crippen molar-refractivity contribution >= 4 is 28.0 Å². The second-order valence-electron chi connectivity index (χ2n) is 7.31. The Balaban J connectivity index is 1.50. The smallest absolute Gasteiger partial charge is 0.406 e. The second kappa shape index (κ2) is 6.76. The number of likely N-dealkylation sites (tertiary alicyclic amines) is 1. The van der Waals surface area contributed by atoms with Gasteiger partial charge in [0.15, 0.2) is 5.75 Å². The van der Waals surface area contributed by atoms with E-state index in [1.165, 1.54) is 4.68 Å². The number of ether oxygens (including phenoxy) is 1. The molecule has 0 atom stereocenters. The summed E-state index contributed by atoms with van der Waals surface area (Å²) >= 11 is 0. The minimum absolute atomic E-state index is 0.403. The van der Waals surface area contributed by atoms with Crippen LogP contribution < -0.4 is 4.74 Å². The molecule has 142 valence electrons. The fourth-order valence-electron chi connectivity index (χ4n) is 3.97. The van der Waals surface area contributed by atoms with E-state index >= 15 is 0 Å². The summed E-state index contributed by atoms with van der Waals surface area (Å²) < 4.78 is 9.22. The maximum atomic E-state index is 12.8. The number of para-hydroxylation sites is 2. The number of aromatic nitrogens is 4. The highest BCUT2D eigenvalue weighted by Gasteiger charge is 2.23. The van der Waals surface area contributed by atoms with E-state index in [0.717, 1.165) is 36.8 Å². The van der Waals surface area contributed by atoms with Gasteiger partial charge in [-0.3, -0.25) is 0 Å². The summed E-state index contributed by atoms with van der Waals surface area (Å²) in [6.45, 7) is 2.13. The summed E-state index contributed by atoms with van der Waals surface area (Å²) in [5.74, 6) is 0.555. The normalized spacial score (nSPS) is 16.0. The number of rotatable bonds is 2. The Kier molecular flexibility index (Phi) is 4.09. The molecule has 2 aromatic heterocycles. The van der Waals surface area contributed by atoms with Crippen LogP contribution >= 0.6 is 0 Å². The number of nitrogens with zero attached hydrogens (tertiary/aromatic N) is 5. The van der Waals surface area contributed by atoms with Crippen LogP contribution in [0.3, 0.4) is 0 Å². The van der Waals surface area contributed by atoms with Crippen LogP contribution in [0.4, 0.5) is 4.79 Å².